The molecule has 1 amide bonds. The number of nitrogens with zero attached hydrogens (tertiary/aromatic N) is 3. The summed E-state index contributed by atoms with van der Waals surface area (Å²) >= 11 is 2.92. The highest BCUT2D eigenvalue weighted by molar-refractivity contribution is 7.99. The standard InChI is InChI=1S/C29H28N4OS2/c1-19-15-20(2)27(21(3)16-19)24-17-35-28(30-24)32-26(34)18-36-29-31-23-11-7-8-12-25(23)33(29)14-13-22-9-5-4-6-10-22/h4-12,15-17H,13-14,18H2,1-3H3,(H,30,32,34). The zero-order chi connectivity index (χ0) is 25.1. The van der Waals surface area contributed by atoms with Crippen molar-refractivity contribution in [2.45, 2.75) is 38.9 Å². The number of carbonyl (C=O) groups excluding carboxylic acids is 1. The predicted octanol–water partition coefficient (Wildman–Crippen LogP) is 7.06. The highest BCUT2D eigenvalue weighted by atomic mass is 32.2. The Balaban J connectivity index is 1.27. The highest BCUT2D eigenvalue weighted by Crippen LogP contribution is 2.31. The number of aromatic nitrogens is 3. The molecule has 2 heterocycles. The second kappa shape index (κ2) is 10.7. The third kappa shape index (κ3) is 5.37. The summed E-state index contributed by atoms with van der Waals surface area (Å²) in [6.07, 6.45) is 0.903. The predicted molar refractivity (Wildman–Crippen MR) is 151 cm³/mol. The van der Waals surface area contributed by atoms with Gasteiger partial charge in [0.15, 0.2) is 10.3 Å². The molecule has 0 unspecified atom stereocenters. The van der Waals surface area contributed by atoms with Crippen LogP contribution in [-0.2, 0) is 17.8 Å². The lowest BCUT2D eigenvalue weighted by molar-refractivity contribution is -0.113. The second-order valence-corrected chi connectivity index (χ2v) is 10.7. The number of fused-ring (bicyclic) bond motifs is 1. The average Bonchev–Trinajstić information content (AvgIpc) is 3.45. The molecule has 0 radical (unpaired) electrons. The van der Waals surface area contributed by atoms with Crippen molar-refractivity contribution >= 4 is 45.2 Å². The van der Waals surface area contributed by atoms with Gasteiger partial charge < -0.3 is 9.88 Å². The zero-order valence-corrected chi connectivity index (χ0v) is 22.2. The summed E-state index contributed by atoms with van der Waals surface area (Å²) in [5.41, 5.74) is 8.99. The van der Waals surface area contributed by atoms with E-state index in [1.807, 2.05) is 29.6 Å². The van der Waals surface area contributed by atoms with Gasteiger partial charge in [-0.15, -0.1) is 11.3 Å². The fourth-order valence-corrected chi connectivity index (χ4v) is 6.14. The smallest absolute Gasteiger partial charge is 0.236 e. The van der Waals surface area contributed by atoms with E-state index in [-0.39, 0.29) is 11.7 Å². The Hall–Kier alpha value is -3.42. The van der Waals surface area contributed by atoms with Crippen LogP contribution in [0.5, 0.6) is 0 Å². The van der Waals surface area contributed by atoms with Crippen LogP contribution in [0.3, 0.4) is 0 Å². The summed E-state index contributed by atoms with van der Waals surface area (Å²) < 4.78 is 2.21. The topological polar surface area (TPSA) is 59.8 Å². The van der Waals surface area contributed by atoms with Crippen LogP contribution in [-0.4, -0.2) is 26.2 Å². The lowest BCUT2D eigenvalue weighted by Gasteiger charge is -2.09. The largest absolute Gasteiger partial charge is 0.319 e. The summed E-state index contributed by atoms with van der Waals surface area (Å²) in [6.45, 7) is 7.12. The van der Waals surface area contributed by atoms with Gasteiger partial charge in [-0.25, -0.2) is 9.97 Å². The fraction of sp³-hybridized carbons (Fsp3) is 0.207. The molecule has 5 nitrogen and oxygen atoms in total. The van der Waals surface area contributed by atoms with E-state index in [1.165, 1.54) is 45.4 Å². The maximum atomic E-state index is 12.8. The van der Waals surface area contributed by atoms with Gasteiger partial charge in [-0.3, -0.25) is 4.79 Å². The minimum Gasteiger partial charge on any atom is -0.319 e. The lowest BCUT2D eigenvalue weighted by atomic mass is 9.98. The van der Waals surface area contributed by atoms with E-state index in [9.17, 15) is 4.79 Å². The molecule has 182 valence electrons. The van der Waals surface area contributed by atoms with Gasteiger partial charge >= 0.3 is 0 Å². The monoisotopic (exact) mass is 512 g/mol. The summed E-state index contributed by atoms with van der Waals surface area (Å²) in [4.78, 5) is 22.3. The van der Waals surface area contributed by atoms with Crippen molar-refractivity contribution in [3.05, 3.63) is 94.4 Å². The maximum Gasteiger partial charge on any atom is 0.236 e. The molecule has 1 N–H and O–H groups in total. The van der Waals surface area contributed by atoms with Crippen LogP contribution in [0.2, 0.25) is 0 Å². The summed E-state index contributed by atoms with van der Waals surface area (Å²) in [5.74, 6) is 0.187. The van der Waals surface area contributed by atoms with Crippen LogP contribution >= 0.6 is 23.1 Å². The molecule has 0 fully saturated rings. The van der Waals surface area contributed by atoms with Crippen molar-refractivity contribution < 1.29 is 4.79 Å². The third-order valence-electron chi connectivity index (χ3n) is 6.10. The molecule has 0 aliphatic heterocycles. The number of aryl methyl sites for hydroxylation is 5. The van der Waals surface area contributed by atoms with Gasteiger partial charge in [-0.1, -0.05) is 71.9 Å². The molecule has 0 atom stereocenters. The van der Waals surface area contributed by atoms with Crippen molar-refractivity contribution in [3.63, 3.8) is 0 Å². The van der Waals surface area contributed by atoms with Crippen LogP contribution in [0.15, 0.2) is 77.3 Å². The van der Waals surface area contributed by atoms with Crippen LogP contribution in [0.1, 0.15) is 22.3 Å². The maximum absolute atomic E-state index is 12.8. The molecule has 5 rings (SSSR count). The van der Waals surface area contributed by atoms with E-state index >= 15 is 0 Å². The van der Waals surface area contributed by atoms with Crippen molar-refractivity contribution in [1.82, 2.24) is 14.5 Å². The number of rotatable bonds is 8. The number of benzene rings is 3. The molecule has 0 aliphatic rings. The first kappa shape index (κ1) is 24.3. The van der Waals surface area contributed by atoms with Gasteiger partial charge in [0.2, 0.25) is 5.91 Å². The Bertz CT molecular complexity index is 1500. The average molecular weight is 513 g/mol. The SMILES string of the molecule is Cc1cc(C)c(-c2csc(NC(=O)CSc3nc4ccccc4n3CCc3ccccc3)n2)c(C)c1. The first-order valence-corrected chi connectivity index (χ1v) is 13.8. The van der Waals surface area contributed by atoms with Gasteiger partial charge in [-0.05, 0) is 56.0 Å². The van der Waals surface area contributed by atoms with Crippen molar-refractivity contribution in [2.75, 3.05) is 11.1 Å². The van der Waals surface area contributed by atoms with Crippen LogP contribution < -0.4 is 5.32 Å². The number of thiazole rings is 1. The Morgan fingerprint density at radius 3 is 2.47 bits per heavy atom. The summed E-state index contributed by atoms with van der Waals surface area (Å²) in [7, 11) is 0. The lowest BCUT2D eigenvalue weighted by Crippen LogP contribution is -2.14. The number of thioether (sulfide) groups is 1. The fourth-order valence-electron chi connectivity index (χ4n) is 4.58. The molecule has 0 spiro atoms. The Labute approximate surface area is 219 Å². The third-order valence-corrected chi connectivity index (χ3v) is 7.84. The minimum atomic E-state index is -0.0834. The number of carbonyl (C=O) groups is 1. The normalized spacial score (nSPS) is 11.2. The number of imidazole rings is 1. The van der Waals surface area contributed by atoms with Crippen molar-refractivity contribution in [3.8, 4) is 11.3 Å². The highest BCUT2D eigenvalue weighted by Gasteiger charge is 2.15. The Morgan fingerprint density at radius 2 is 1.69 bits per heavy atom. The first-order valence-electron chi connectivity index (χ1n) is 11.9. The number of amides is 1. The molecule has 5 aromatic rings. The van der Waals surface area contributed by atoms with Gasteiger partial charge in [0, 0.05) is 17.5 Å². The Kier molecular flexibility index (Phi) is 7.20. The molecular weight excluding hydrogens is 484 g/mol. The first-order chi connectivity index (χ1) is 17.5. The molecule has 7 heteroatoms. The van der Waals surface area contributed by atoms with Gasteiger partial charge in [0.05, 0.1) is 22.5 Å². The van der Waals surface area contributed by atoms with Crippen molar-refractivity contribution in [2.24, 2.45) is 0 Å². The van der Waals surface area contributed by atoms with Gasteiger partial charge in [-0.2, -0.15) is 0 Å². The number of hydrogen-bond donors (Lipinski definition) is 1. The van der Waals surface area contributed by atoms with Gasteiger partial charge in [0.25, 0.3) is 0 Å². The molecule has 2 aromatic heterocycles. The van der Waals surface area contributed by atoms with E-state index in [4.69, 9.17) is 9.97 Å². The molecule has 0 bridgehead atoms. The van der Waals surface area contributed by atoms with Gasteiger partial charge in [0.1, 0.15) is 0 Å². The summed E-state index contributed by atoms with van der Waals surface area (Å²) in [6, 6.07) is 22.9. The van der Waals surface area contributed by atoms with E-state index in [1.54, 1.807) is 0 Å². The van der Waals surface area contributed by atoms with E-state index in [2.05, 4.69) is 73.1 Å². The second-order valence-electron chi connectivity index (χ2n) is 8.92. The zero-order valence-electron chi connectivity index (χ0n) is 20.6. The molecule has 0 saturated heterocycles. The van der Waals surface area contributed by atoms with Crippen LogP contribution in [0.4, 0.5) is 5.13 Å². The van der Waals surface area contributed by atoms with E-state index in [0.29, 0.717) is 5.13 Å². The summed E-state index contributed by atoms with van der Waals surface area (Å²) in [5, 5.41) is 6.46. The number of hydrogen-bond acceptors (Lipinski definition) is 5. The number of nitrogens with one attached hydrogen (secondary N) is 1. The van der Waals surface area contributed by atoms with Crippen molar-refractivity contribution in [1.29, 1.82) is 0 Å². The minimum absolute atomic E-state index is 0.0834. The number of para-hydroxylation sites is 2. The molecule has 0 saturated carbocycles. The molecule has 3 aromatic carbocycles. The molecule has 36 heavy (non-hydrogen) atoms. The Morgan fingerprint density at radius 1 is 0.972 bits per heavy atom. The van der Waals surface area contributed by atoms with Crippen LogP contribution in [0.25, 0.3) is 22.3 Å². The quantitative estimate of drug-likeness (QED) is 0.226. The molecule has 0 aliphatic carbocycles. The number of anilines is 1. The molecular formula is C29H28N4OS2. The van der Waals surface area contributed by atoms with E-state index in [0.717, 1.165) is 40.4 Å². The van der Waals surface area contributed by atoms with E-state index < -0.39 is 0 Å². The van der Waals surface area contributed by atoms with Crippen LogP contribution in [0, 0.1) is 20.8 Å².